The van der Waals surface area contributed by atoms with Gasteiger partial charge in [-0.15, -0.1) is 0 Å². The molecule has 0 fully saturated rings. The highest BCUT2D eigenvalue weighted by Crippen LogP contribution is 2.29. The predicted molar refractivity (Wildman–Crippen MR) is 102 cm³/mol. The highest BCUT2D eigenvalue weighted by Gasteiger charge is 2.14. The highest BCUT2D eigenvalue weighted by molar-refractivity contribution is 5.85. The monoisotopic (exact) mass is 356 g/mol. The summed E-state index contributed by atoms with van der Waals surface area (Å²) in [6.45, 7) is 3.44. The molecule has 0 amide bonds. The molecule has 0 saturated carbocycles. The summed E-state index contributed by atoms with van der Waals surface area (Å²) in [5.41, 5.74) is 8.15. The zero-order valence-corrected chi connectivity index (χ0v) is 15.3. The van der Waals surface area contributed by atoms with E-state index in [4.69, 9.17) is 15.2 Å². The van der Waals surface area contributed by atoms with E-state index < -0.39 is 0 Å². The molecule has 0 atom stereocenters. The van der Waals surface area contributed by atoms with Crippen LogP contribution in [0.3, 0.4) is 0 Å². The molecule has 1 aromatic carbocycles. The SMILES string of the molecule is CCCCNc1nc(N)nc2cn(Cc3c(OC)cccc3OC)nc12. The zero-order valence-electron chi connectivity index (χ0n) is 15.3. The van der Waals surface area contributed by atoms with Crippen LogP contribution < -0.4 is 20.5 Å². The maximum absolute atomic E-state index is 5.84. The van der Waals surface area contributed by atoms with E-state index in [1.807, 2.05) is 24.4 Å². The van der Waals surface area contributed by atoms with E-state index in [9.17, 15) is 0 Å². The molecular formula is C18H24N6O2. The van der Waals surface area contributed by atoms with Gasteiger partial charge in [0, 0.05) is 6.54 Å². The first-order valence-corrected chi connectivity index (χ1v) is 8.60. The number of ether oxygens (including phenoxy) is 2. The fourth-order valence-corrected chi connectivity index (χ4v) is 2.81. The number of benzene rings is 1. The smallest absolute Gasteiger partial charge is 0.222 e. The van der Waals surface area contributed by atoms with Gasteiger partial charge >= 0.3 is 0 Å². The summed E-state index contributed by atoms with van der Waals surface area (Å²) in [5.74, 6) is 2.38. The molecule has 0 aliphatic rings. The number of unbranched alkanes of at least 4 members (excludes halogenated alkanes) is 1. The Labute approximate surface area is 152 Å². The van der Waals surface area contributed by atoms with Gasteiger partial charge in [0.1, 0.15) is 17.0 Å². The van der Waals surface area contributed by atoms with Crippen LogP contribution in [0.15, 0.2) is 24.4 Å². The Morgan fingerprint density at radius 3 is 2.54 bits per heavy atom. The number of nitrogens with zero attached hydrogens (tertiary/aromatic N) is 4. The lowest BCUT2D eigenvalue weighted by molar-refractivity contribution is 0.382. The second kappa shape index (κ2) is 7.90. The number of rotatable bonds is 8. The van der Waals surface area contributed by atoms with Crippen molar-refractivity contribution in [2.75, 3.05) is 31.8 Å². The van der Waals surface area contributed by atoms with E-state index in [-0.39, 0.29) is 5.95 Å². The second-order valence-corrected chi connectivity index (χ2v) is 5.91. The van der Waals surface area contributed by atoms with Crippen molar-refractivity contribution >= 4 is 22.8 Å². The lowest BCUT2D eigenvalue weighted by atomic mass is 10.1. The molecule has 2 heterocycles. The lowest BCUT2D eigenvalue weighted by Crippen LogP contribution is -2.07. The second-order valence-electron chi connectivity index (χ2n) is 5.91. The third-order valence-corrected chi connectivity index (χ3v) is 4.10. The van der Waals surface area contributed by atoms with Crippen LogP contribution in [0.25, 0.3) is 11.0 Å². The number of nitrogens with two attached hydrogens (primary N) is 1. The summed E-state index contributed by atoms with van der Waals surface area (Å²) in [6, 6.07) is 5.69. The van der Waals surface area contributed by atoms with E-state index in [1.165, 1.54) is 0 Å². The van der Waals surface area contributed by atoms with Gasteiger partial charge in [-0.05, 0) is 18.6 Å². The Morgan fingerprint density at radius 2 is 1.88 bits per heavy atom. The predicted octanol–water partition coefficient (Wildman–Crippen LogP) is 2.69. The van der Waals surface area contributed by atoms with Crippen LogP contribution in [-0.4, -0.2) is 40.5 Å². The average Bonchev–Trinajstić information content (AvgIpc) is 3.04. The van der Waals surface area contributed by atoms with Gasteiger partial charge in [-0.25, -0.2) is 4.98 Å². The Hall–Kier alpha value is -3.03. The minimum atomic E-state index is 0.228. The topological polar surface area (TPSA) is 100 Å². The summed E-state index contributed by atoms with van der Waals surface area (Å²) in [7, 11) is 3.28. The summed E-state index contributed by atoms with van der Waals surface area (Å²) < 4.78 is 12.7. The largest absolute Gasteiger partial charge is 0.496 e. The van der Waals surface area contributed by atoms with E-state index >= 15 is 0 Å². The number of fused-ring (bicyclic) bond motifs is 1. The van der Waals surface area contributed by atoms with Crippen LogP contribution in [0, 0.1) is 0 Å². The molecule has 138 valence electrons. The van der Waals surface area contributed by atoms with Gasteiger partial charge in [0.05, 0.1) is 32.5 Å². The maximum atomic E-state index is 5.84. The Balaban J connectivity index is 1.96. The van der Waals surface area contributed by atoms with Gasteiger partial charge in [-0.3, -0.25) is 4.68 Å². The first kappa shape index (κ1) is 17.8. The maximum Gasteiger partial charge on any atom is 0.222 e. The first-order valence-electron chi connectivity index (χ1n) is 8.60. The molecule has 3 aromatic rings. The zero-order chi connectivity index (χ0) is 18.5. The quantitative estimate of drug-likeness (QED) is 0.599. The highest BCUT2D eigenvalue weighted by atomic mass is 16.5. The molecule has 0 aliphatic heterocycles. The molecular weight excluding hydrogens is 332 g/mol. The Morgan fingerprint density at radius 1 is 1.15 bits per heavy atom. The van der Waals surface area contributed by atoms with Gasteiger partial charge < -0.3 is 20.5 Å². The van der Waals surface area contributed by atoms with Crippen molar-refractivity contribution < 1.29 is 9.47 Å². The number of nitrogens with one attached hydrogen (secondary N) is 1. The lowest BCUT2D eigenvalue weighted by Gasteiger charge is -2.12. The van der Waals surface area contributed by atoms with Crippen molar-refractivity contribution in [3.8, 4) is 11.5 Å². The van der Waals surface area contributed by atoms with Crippen molar-refractivity contribution in [2.24, 2.45) is 0 Å². The average molecular weight is 356 g/mol. The number of aromatic nitrogens is 4. The van der Waals surface area contributed by atoms with Gasteiger partial charge in [-0.2, -0.15) is 10.1 Å². The third-order valence-electron chi connectivity index (χ3n) is 4.10. The van der Waals surface area contributed by atoms with Gasteiger partial charge in [-0.1, -0.05) is 19.4 Å². The van der Waals surface area contributed by atoms with E-state index in [0.717, 1.165) is 36.4 Å². The van der Waals surface area contributed by atoms with Crippen molar-refractivity contribution in [1.29, 1.82) is 0 Å². The molecule has 0 radical (unpaired) electrons. The van der Waals surface area contributed by atoms with Crippen LogP contribution in [0.1, 0.15) is 25.3 Å². The minimum absolute atomic E-state index is 0.228. The summed E-state index contributed by atoms with van der Waals surface area (Å²) in [5, 5.41) is 7.94. The standard InChI is InChI=1S/C18H24N6O2/c1-4-5-9-20-17-16-13(21-18(19)22-17)11-24(23-16)10-12-14(25-2)7-6-8-15(12)26-3/h6-8,11H,4-5,9-10H2,1-3H3,(H3,19,20,21,22). The summed E-state index contributed by atoms with van der Waals surface area (Å²) in [4.78, 5) is 8.58. The van der Waals surface area contributed by atoms with Gasteiger partial charge in [0.2, 0.25) is 5.95 Å². The van der Waals surface area contributed by atoms with E-state index in [2.05, 4.69) is 27.3 Å². The molecule has 8 heteroatoms. The van der Waals surface area contributed by atoms with Gasteiger partial charge in [0.25, 0.3) is 0 Å². The van der Waals surface area contributed by atoms with Crippen LogP contribution >= 0.6 is 0 Å². The molecule has 0 spiro atoms. The van der Waals surface area contributed by atoms with Crippen molar-refractivity contribution in [3.63, 3.8) is 0 Å². The Bertz CT molecular complexity index is 871. The number of methoxy groups -OCH3 is 2. The van der Waals surface area contributed by atoms with Crippen molar-refractivity contribution in [1.82, 2.24) is 19.7 Å². The van der Waals surface area contributed by atoms with Crippen LogP contribution in [0.5, 0.6) is 11.5 Å². The fraction of sp³-hybridized carbons (Fsp3) is 0.389. The fourth-order valence-electron chi connectivity index (χ4n) is 2.81. The molecule has 3 N–H and O–H groups in total. The first-order chi connectivity index (χ1) is 12.7. The molecule has 2 aromatic heterocycles. The van der Waals surface area contributed by atoms with E-state index in [0.29, 0.717) is 23.4 Å². The summed E-state index contributed by atoms with van der Waals surface area (Å²) >= 11 is 0. The van der Waals surface area contributed by atoms with Crippen LogP contribution in [0.4, 0.5) is 11.8 Å². The van der Waals surface area contributed by atoms with E-state index in [1.54, 1.807) is 18.9 Å². The molecule has 0 aliphatic carbocycles. The van der Waals surface area contributed by atoms with Crippen molar-refractivity contribution in [3.05, 3.63) is 30.0 Å². The number of anilines is 2. The van der Waals surface area contributed by atoms with Crippen molar-refractivity contribution in [2.45, 2.75) is 26.3 Å². The van der Waals surface area contributed by atoms with Gasteiger partial charge in [0.15, 0.2) is 11.3 Å². The Kier molecular flexibility index (Phi) is 5.40. The normalized spacial score (nSPS) is 10.9. The molecule has 0 bridgehead atoms. The molecule has 8 nitrogen and oxygen atoms in total. The molecule has 26 heavy (non-hydrogen) atoms. The number of hydrogen-bond acceptors (Lipinski definition) is 7. The van der Waals surface area contributed by atoms with Crippen LogP contribution in [0.2, 0.25) is 0 Å². The summed E-state index contributed by atoms with van der Waals surface area (Å²) in [6.07, 6.45) is 3.99. The molecule has 0 unspecified atom stereocenters. The molecule has 0 saturated heterocycles. The minimum Gasteiger partial charge on any atom is -0.496 e. The van der Waals surface area contributed by atoms with Crippen LogP contribution in [-0.2, 0) is 6.54 Å². The molecule has 3 rings (SSSR count). The number of nitrogen functional groups attached to an aromatic ring is 1. The third kappa shape index (κ3) is 3.63. The number of hydrogen-bond donors (Lipinski definition) is 2.